The quantitative estimate of drug-likeness (QED) is 0.769. The van der Waals surface area contributed by atoms with E-state index in [0.717, 1.165) is 38.3 Å². The van der Waals surface area contributed by atoms with E-state index in [1.165, 1.54) is 0 Å². The molecule has 1 aliphatic heterocycles. The van der Waals surface area contributed by atoms with Crippen molar-refractivity contribution in [3.8, 4) is 0 Å². The minimum absolute atomic E-state index is 0.0967. The van der Waals surface area contributed by atoms with E-state index in [4.69, 9.17) is 0 Å². The van der Waals surface area contributed by atoms with Crippen LogP contribution in [-0.4, -0.2) is 53.1 Å². The molecule has 0 unspecified atom stereocenters. The van der Waals surface area contributed by atoms with Crippen LogP contribution in [0.4, 0.5) is 0 Å². The number of aromatic nitrogens is 2. The zero-order chi connectivity index (χ0) is 13.7. The Labute approximate surface area is 114 Å². The molecular weight excluding hydrogens is 242 g/mol. The number of imidazole rings is 1. The second-order valence-electron chi connectivity index (χ2n) is 5.06. The van der Waals surface area contributed by atoms with Crippen LogP contribution in [-0.2, 0) is 18.4 Å². The summed E-state index contributed by atoms with van der Waals surface area (Å²) in [4.78, 5) is 17.8. The molecule has 6 nitrogen and oxygen atoms in total. The summed E-state index contributed by atoms with van der Waals surface area (Å²) in [5.41, 5.74) is 0. The summed E-state index contributed by atoms with van der Waals surface area (Å²) in [7, 11) is 3.69. The molecule has 1 aromatic heterocycles. The van der Waals surface area contributed by atoms with E-state index in [2.05, 4.69) is 20.5 Å². The standard InChI is InChI=1S/C13H23N5O/c1-14-13(19)10-18-6-3-11(4-7-18)16-9-12-15-5-8-17(12)2/h5,8,11,16H,3-4,6-7,9-10H2,1-2H3,(H,14,19). The Morgan fingerprint density at radius 2 is 2.21 bits per heavy atom. The monoisotopic (exact) mass is 265 g/mol. The number of amides is 1. The van der Waals surface area contributed by atoms with Crippen LogP contribution in [0.1, 0.15) is 18.7 Å². The molecule has 106 valence electrons. The number of likely N-dealkylation sites (tertiary alicyclic amines) is 1. The second-order valence-corrected chi connectivity index (χ2v) is 5.06. The van der Waals surface area contributed by atoms with Gasteiger partial charge in [0.2, 0.25) is 5.91 Å². The van der Waals surface area contributed by atoms with Crippen LogP contribution in [0, 0.1) is 0 Å². The number of likely N-dealkylation sites (N-methyl/N-ethyl adjacent to an activating group) is 1. The van der Waals surface area contributed by atoms with Crippen molar-refractivity contribution >= 4 is 5.91 Å². The van der Waals surface area contributed by atoms with Gasteiger partial charge in [-0.05, 0) is 12.8 Å². The maximum atomic E-state index is 11.3. The van der Waals surface area contributed by atoms with Crippen molar-refractivity contribution < 1.29 is 4.79 Å². The Bertz CT molecular complexity index is 409. The number of hydrogen-bond acceptors (Lipinski definition) is 4. The van der Waals surface area contributed by atoms with E-state index in [1.807, 2.05) is 24.0 Å². The van der Waals surface area contributed by atoms with Crippen LogP contribution in [0.3, 0.4) is 0 Å². The smallest absolute Gasteiger partial charge is 0.233 e. The van der Waals surface area contributed by atoms with Crippen LogP contribution in [0.25, 0.3) is 0 Å². The molecule has 1 aliphatic rings. The summed E-state index contributed by atoms with van der Waals surface area (Å²) in [5, 5.41) is 6.21. The Kier molecular flexibility index (Phi) is 4.93. The van der Waals surface area contributed by atoms with E-state index in [0.29, 0.717) is 12.6 Å². The van der Waals surface area contributed by atoms with Gasteiger partial charge in [0.1, 0.15) is 5.82 Å². The van der Waals surface area contributed by atoms with Crippen LogP contribution >= 0.6 is 0 Å². The van der Waals surface area contributed by atoms with Crippen LogP contribution < -0.4 is 10.6 Å². The van der Waals surface area contributed by atoms with Crippen LogP contribution in [0.2, 0.25) is 0 Å². The topological polar surface area (TPSA) is 62.2 Å². The van der Waals surface area contributed by atoms with Crippen molar-refractivity contribution in [1.82, 2.24) is 25.1 Å². The van der Waals surface area contributed by atoms with Crippen molar-refractivity contribution in [2.24, 2.45) is 7.05 Å². The molecule has 6 heteroatoms. The molecule has 0 atom stereocenters. The third kappa shape index (κ3) is 4.04. The van der Waals surface area contributed by atoms with Crippen molar-refractivity contribution in [1.29, 1.82) is 0 Å². The van der Waals surface area contributed by atoms with Gasteiger partial charge >= 0.3 is 0 Å². The lowest BCUT2D eigenvalue weighted by Gasteiger charge is -2.31. The first-order chi connectivity index (χ1) is 9.19. The third-order valence-electron chi connectivity index (χ3n) is 3.70. The first-order valence-electron chi connectivity index (χ1n) is 6.81. The molecule has 1 amide bonds. The molecule has 1 aromatic rings. The molecule has 0 aromatic carbocycles. The van der Waals surface area contributed by atoms with Gasteiger partial charge in [0.05, 0.1) is 13.1 Å². The fraction of sp³-hybridized carbons (Fsp3) is 0.692. The maximum absolute atomic E-state index is 11.3. The summed E-state index contributed by atoms with van der Waals surface area (Å²) in [6.07, 6.45) is 5.95. The molecular formula is C13H23N5O. The van der Waals surface area contributed by atoms with Gasteiger partial charge in [-0.2, -0.15) is 0 Å². The Morgan fingerprint density at radius 3 is 2.79 bits per heavy atom. The number of nitrogens with one attached hydrogen (secondary N) is 2. The molecule has 2 N–H and O–H groups in total. The molecule has 1 saturated heterocycles. The maximum Gasteiger partial charge on any atom is 0.233 e. The minimum atomic E-state index is 0.0967. The summed E-state index contributed by atoms with van der Waals surface area (Å²) < 4.78 is 2.04. The molecule has 2 rings (SSSR count). The lowest BCUT2D eigenvalue weighted by Crippen LogP contribution is -2.45. The van der Waals surface area contributed by atoms with Crippen molar-refractivity contribution in [3.63, 3.8) is 0 Å². The predicted octanol–water partition coefficient (Wildman–Crippen LogP) is -0.280. The van der Waals surface area contributed by atoms with E-state index in [1.54, 1.807) is 7.05 Å². The van der Waals surface area contributed by atoms with E-state index >= 15 is 0 Å². The number of aryl methyl sites for hydroxylation is 1. The number of hydrogen-bond donors (Lipinski definition) is 2. The summed E-state index contributed by atoms with van der Waals surface area (Å²) in [6.45, 7) is 3.28. The Hall–Kier alpha value is -1.40. The molecule has 0 aliphatic carbocycles. The summed E-state index contributed by atoms with van der Waals surface area (Å²) in [5.74, 6) is 1.16. The fourth-order valence-corrected chi connectivity index (χ4v) is 2.38. The SMILES string of the molecule is CNC(=O)CN1CCC(NCc2nccn2C)CC1. The van der Waals surface area contributed by atoms with Gasteiger partial charge in [-0.3, -0.25) is 9.69 Å². The number of piperidine rings is 1. The van der Waals surface area contributed by atoms with Gasteiger partial charge < -0.3 is 15.2 Å². The first-order valence-corrected chi connectivity index (χ1v) is 6.81. The normalized spacial score (nSPS) is 17.6. The van der Waals surface area contributed by atoms with Crippen LogP contribution in [0.15, 0.2) is 12.4 Å². The number of carbonyl (C=O) groups is 1. The zero-order valence-electron chi connectivity index (χ0n) is 11.7. The lowest BCUT2D eigenvalue weighted by atomic mass is 10.1. The van der Waals surface area contributed by atoms with Crippen molar-refractivity contribution in [3.05, 3.63) is 18.2 Å². The Morgan fingerprint density at radius 1 is 1.47 bits per heavy atom. The molecule has 19 heavy (non-hydrogen) atoms. The molecule has 0 spiro atoms. The van der Waals surface area contributed by atoms with E-state index in [9.17, 15) is 4.79 Å². The highest BCUT2D eigenvalue weighted by Gasteiger charge is 2.20. The average Bonchev–Trinajstić information content (AvgIpc) is 2.83. The van der Waals surface area contributed by atoms with E-state index in [-0.39, 0.29) is 5.91 Å². The van der Waals surface area contributed by atoms with Gasteiger partial charge in [0, 0.05) is 45.6 Å². The zero-order valence-corrected chi connectivity index (χ0v) is 11.7. The predicted molar refractivity (Wildman–Crippen MR) is 73.6 cm³/mol. The summed E-state index contributed by atoms with van der Waals surface area (Å²) in [6, 6.07) is 0.526. The highest BCUT2D eigenvalue weighted by molar-refractivity contribution is 5.77. The van der Waals surface area contributed by atoms with E-state index < -0.39 is 0 Å². The van der Waals surface area contributed by atoms with Crippen molar-refractivity contribution in [2.75, 3.05) is 26.7 Å². The number of nitrogens with zero attached hydrogens (tertiary/aromatic N) is 3. The lowest BCUT2D eigenvalue weighted by molar-refractivity contribution is -0.122. The minimum Gasteiger partial charge on any atom is -0.358 e. The number of rotatable bonds is 5. The third-order valence-corrected chi connectivity index (χ3v) is 3.70. The van der Waals surface area contributed by atoms with Gasteiger partial charge in [0.15, 0.2) is 0 Å². The largest absolute Gasteiger partial charge is 0.358 e. The van der Waals surface area contributed by atoms with Crippen molar-refractivity contribution in [2.45, 2.75) is 25.4 Å². The first kappa shape index (κ1) is 14.0. The average molecular weight is 265 g/mol. The molecule has 1 fully saturated rings. The number of carbonyl (C=O) groups excluding carboxylic acids is 1. The van der Waals surface area contributed by atoms with Gasteiger partial charge in [0.25, 0.3) is 0 Å². The fourth-order valence-electron chi connectivity index (χ4n) is 2.38. The highest BCUT2D eigenvalue weighted by Crippen LogP contribution is 2.10. The van der Waals surface area contributed by atoms with Crippen LogP contribution in [0.5, 0.6) is 0 Å². The Balaban J connectivity index is 1.69. The highest BCUT2D eigenvalue weighted by atomic mass is 16.1. The van der Waals surface area contributed by atoms with Gasteiger partial charge in [-0.15, -0.1) is 0 Å². The second kappa shape index (κ2) is 6.68. The molecule has 0 bridgehead atoms. The van der Waals surface area contributed by atoms with Gasteiger partial charge in [-0.25, -0.2) is 4.98 Å². The molecule has 0 radical (unpaired) electrons. The molecule has 2 heterocycles. The van der Waals surface area contributed by atoms with Gasteiger partial charge in [-0.1, -0.05) is 0 Å². The molecule has 0 saturated carbocycles. The summed E-state index contributed by atoms with van der Waals surface area (Å²) >= 11 is 0.